The summed E-state index contributed by atoms with van der Waals surface area (Å²) >= 11 is 1.36. The fourth-order valence-corrected chi connectivity index (χ4v) is 2.23. The summed E-state index contributed by atoms with van der Waals surface area (Å²) in [5.41, 5.74) is 1.26. The first kappa shape index (κ1) is 13.5. The zero-order valence-electron chi connectivity index (χ0n) is 10.4. The Bertz CT molecular complexity index is 571. The number of aromatic nitrogens is 1. The van der Waals surface area contributed by atoms with Crippen LogP contribution in [0.15, 0.2) is 29.6 Å². The van der Waals surface area contributed by atoms with Gasteiger partial charge >= 0.3 is 5.97 Å². The minimum absolute atomic E-state index is 0.148. The van der Waals surface area contributed by atoms with Crippen LogP contribution in [0.3, 0.4) is 0 Å². The first-order valence-corrected chi connectivity index (χ1v) is 6.68. The van der Waals surface area contributed by atoms with Crippen LogP contribution < -0.4 is 5.32 Å². The van der Waals surface area contributed by atoms with Gasteiger partial charge in [-0.3, -0.25) is 4.79 Å². The first-order chi connectivity index (χ1) is 9.17. The second-order valence-corrected chi connectivity index (χ2v) is 4.62. The van der Waals surface area contributed by atoms with Crippen LogP contribution in [-0.4, -0.2) is 17.6 Å². The van der Waals surface area contributed by atoms with E-state index in [-0.39, 0.29) is 18.2 Å². The molecular weight excluding hydrogens is 267 g/mol. The average Bonchev–Trinajstić information content (AvgIpc) is 2.76. The molecule has 0 saturated heterocycles. The zero-order chi connectivity index (χ0) is 13.7. The molecule has 1 N–H and O–H groups in total. The van der Waals surface area contributed by atoms with Gasteiger partial charge in [0.25, 0.3) is 0 Å². The summed E-state index contributed by atoms with van der Waals surface area (Å²) in [6, 6.07) is 6.12. The van der Waals surface area contributed by atoms with Gasteiger partial charge in [-0.05, 0) is 25.1 Å². The van der Waals surface area contributed by atoms with Crippen LogP contribution in [0.5, 0.6) is 0 Å². The van der Waals surface area contributed by atoms with Crippen molar-refractivity contribution >= 4 is 28.1 Å². The SMILES string of the molecule is CCOC(=O)Cc1csc(Nc2cccc(F)c2)n1. The number of esters is 1. The Hall–Kier alpha value is -1.95. The number of thiazole rings is 1. The van der Waals surface area contributed by atoms with Gasteiger partial charge in [-0.15, -0.1) is 11.3 Å². The number of benzene rings is 1. The molecule has 2 rings (SSSR count). The van der Waals surface area contributed by atoms with Gasteiger partial charge in [-0.25, -0.2) is 9.37 Å². The van der Waals surface area contributed by atoms with Gasteiger partial charge < -0.3 is 10.1 Å². The van der Waals surface area contributed by atoms with E-state index in [2.05, 4.69) is 10.3 Å². The zero-order valence-corrected chi connectivity index (χ0v) is 11.2. The van der Waals surface area contributed by atoms with Crippen LogP contribution in [0, 0.1) is 5.82 Å². The predicted octanol–water partition coefficient (Wildman–Crippen LogP) is 3.13. The highest BCUT2D eigenvalue weighted by Crippen LogP contribution is 2.21. The number of carbonyl (C=O) groups is 1. The molecule has 2 aromatic rings. The lowest BCUT2D eigenvalue weighted by molar-refractivity contribution is -0.142. The topological polar surface area (TPSA) is 51.2 Å². The highest BCUT2D eigenvalue weighted by Gasteiger charge is 2.08. The number of hydrogen-bond acceptors (Lipinski definition) is 5. The Morgan fingerprint density at radius 3 is 3.11 bits per heavy atom. The van der Waals surface area contributed by atoms with Crippen molar-refractivity contribution in [2.24, 2.45) is 0 Å². The Balaban J connectivity index is 1.99. The van der Waals surface area contributed by atoms with Crippen molar-refractivity contribution in [1.29, 1.82) is 0 Å². The average molecular weight is 280 g/mol. The van der Waals surface area contributed by atoms with Gasteiger partial charge in [0.05, 0.1) is 18.7 Å². The lowest BCUT2D eigenvalue weighted by atomic mass is 10.3. The third-order valence-corrected chi connectivity index (χ3v) is 3.06. The maximum Gasteiger partial charge on any atom is 0.311 e. The van der Waals surface area contributed by atoms with Crippen LogP contribution in [0.25, 0.3) is 0 Å². The van der Waals surface area contributed by atoms with Gasteiger partial charge in [0, 0.05) is 11.1 Å². The third kappa shape index (κ3) is 4.03. The molecule has 0 aliphatic heterocycles. The van der Waals surface area contributed by atoms with Gasteiger partial charge in [-0.1, -0.05) is 6.07 Å². The Labute approximate surface area is 114 Å². The maximum atomic E-state index is 13.0. The summed E-state index contributed by atoms with van der Waals surface area (Å²) in [4.78, 5) is 15.5. The minimum atomic E-state index is -0.312. The number of hydrogen-bond donors (Lipinski definition) is 1. The van der Waals surface area contributed by atoms with Gasteiger partial charge in [-0.2, -0.15) is 0 Å². The second kappa shape index (κ2) is 6.29. The van der Waals surface area contributed by atoms with Crippen LogP contribution in [0.4, 0.5) is 15.2 Å². The molecule has 0 aliphatic rings. The number of halogens is 1. The standard InChI is InChI=1S/C13H13FN2O2S/c1-2-18-12(17)7-11-8-19-13(16-11)15-10-5-3-4-9(14)6-10/h3-6,8H,2,7H2,1H3,(H,15,16). The van der Waals surface area contributed by atoms with Crippen LogP contribution in [0.2, 0.25) is 0 Å². The molecule has 0 radical (unpaired) electrons. The van der Waals surface area contributed by atoms with E-state index in [0.29, 0.717) is 23.1 Å². The normalized spacial score (nSPS) is 10.2. The van der Waals surface area contributed by atoms with E-state index in [9.17, 15) is 9.18 Å². The van der Waals surface area contributed by atoms with Gasteiger partial charge in [0.2, 0.25) is 0 Å². The largest absolute Gasteiger partial charge is 0.466 e. The fraction of sp³-hybridized carbons (Fsp3) is 0.231. The first-order valence-electron chi connectivity index (χ1n) is 5.80. The van der Waals surface area contributed by atoms with E-state index in [4.69, 9.17) is 4.74 Å². The monoisotopic (exact) mass is 280 g/mol. The lowest BCUT2D eigenvalue weighted by Gasteiger charge is -2.01. The van der Waals surface area contributed by atoms with E-state index < -0.39 is 0 Å². The highest BCUT2D eigenvalue weighted by molar-refractivity contribution is 7.13. The van der Waals surface area contributed by atoms with Crippen molar-refractivity contribution in [1.82, 2.24) is 4.98 Å². The summed E-state index contributed by atoms with van der Waals surface area (Å²) in [5, 5.41) is 5.38. The number of nitrogens with one attached hydrogen (secondary N) is 1. The predicted molar refractivity (Wildman–Crippen MR) is 72.1 cm³/mol. The Morgan fingerprint density at radius 1 is 1.53 bits per heavy atom. The highest BCUT2D eigenvalue weighted by atomic mass is 32.1. The molecule has 0 spiro atoms. The van der Waals surface area contributed by atoms with Crippen LogP contribution >= 0.6 is 11.3 Å². The molecule has 19 heavy (non-hydrogen) atoms. The van der Waals surface area contributed by atoms with E-state index in [1.807, 2.05) is 0 Å². The second-order valence-electron chi connectivity index (χ2n) is 3.76. The molecule has 0 fully saturated rings. The molecule has 100 valence electrons. The molecule has 0 bridgehead atoms. The van der Waals surface area contributed by atoms with Gasteiger partial charge in [0.1, 0.15) is 5.82 Å². The van der Waals surface area contributed by atoms with Crippen LogP contribution in [0.1, 0.15) is 12.6 Å². The Kier molecular flexibility index (Phi) is 4.46. The molecule has 0 unspecified atom stereocenters. The smallest absolute Gasteiger partial charge is 0.311 e. The number of ether oxygens (including phenoxy) is 1. The third-order valence-electron chi connectivity index (χ3n) is 2.26. The van der Waals surface area contributed by atoms with Crippen molar-refractivity contribution in [3.63, 3.8) is 0 Å². The van der Waals surface area contributed by atoms with E-state index in [1.54, 1.807) is 24.4 Å². The number of nitrogens with zero attached hydrogens (tertiary/aromatic N) is 1. The number of carbonyl (C=O) groups excluding carboxylic acids is 1. The lowest BCUT2D eigenvalue weighted by Crippen LogP contribution is -2.07. The summed E-state index contributed by atoms with van der Waals surface area (Å²) in [6.45, 7) is 2.12. The molecule has 4 nitrogen and oxygen atoms in total. The van der Waals surface area contributed by atoms with Crippen molar-refractivity contribution in [3.8, 4) is 0 Å². The summed E-state index contributed by atoms with van der Waals surface area (Å²) in [6.07, 6.45) is 0.148. The van der Waals surface area contributed by atoms with Crippen molar-refractivity contribution in [2.45, 2.75) is 13.3 Å². The molecule has 0 amide bonds. The molecule has 0 atom stereocenters. The fourth-order valence-electron chi connectivity index (χ4n) is 1.50. The Morgan fingerprint density at radius 2 is 2.37 bits per heavy atom. The van der Waals surface area contributed by atoms with Gasteiger partial charge in [0.15, 0.2) is 5.13 Å². The molecular formula is C13H13FN2O2S. The van der Waals surface area contributed by atoms with E-state index in [1.165, 1.54) is 23.5 Å². The van der Waals surface area contributed by atoms with Crippen LogP contribution in [-0.2, 0) is 16.0 Å². The minimum Gasteiger partial charge on any atom is -0.466 e. The van der Waals surface area contributed by atoms with E-state index >= 15 is 0 Å². The summed E-state index contributed by atoms with van der Waals surface area (Å²) in [5.74, 6) is -0.613. The molecule has 0 aliphatic carbocycles. The van der Waals surface area contributed by atoms with E-state index in [0.717, 1.165) is 0 Å². The summed E-state index contributed by atoms with van der Waals surface area (Å²) in [7, 11) is 0. The van der Waals surface area contributed by atoms with Crippen molar-refractivity contribution in [3.05, 3.63) is 41.2 Å². The summed E-state index contributed by atoms with van der Waals surface area (Å²) < 4.78 is 17.9. The van der Waals surface area contributed by atoms with Crippen molar-refractivity contribution in [2.75, 3.05) is 11.9 Å². The molecule has 1 aromatic carbocycles. The molecule has 6 heteroatoms. The molecule has 1 aromatic heterocycles. The maximum absolute atomic E-state index is 13.0. The number of rotatable bonds is 5. The molecule has 0 saturated carbocycles. The number of anilines is 2. The molecule has 1 heterocycles. The quantitative estimate of drug-likeness (QED) is 0.855. The van der Waals surface area contributed by atoms with Crippen molar-refractivity contribution < 1.29 is 13.9 Å².